The second-order valence-corrected chi connectivity index (χ2v) is 12.8. The van der Waals surface area contributed by atoms with Crippen molar-refractivity contribution in [2.24, 2.45) is 5.92 Å². The molecule has 1 unspecified atom stereocenters. The summed E-state index contributed by atoms with van der Waals surface area (Å²) >= 11 is 1.40. The Morgan fingerprint density at radius 1 is 1.11 bits per heavy atom. The average molecular weight is 552 g/mol. The molecular formula is C26H28F3N3O3S2. The molecule has 198 valence electrons. The van der Waals surface area contributed by atoms with Crippen LogP contribution in [0.3, 0.4) is 0 Å². The van der Waals surface area contributed by atoms with Crippen LogP contribution in [-0.2, 0) is 40.3 Å². The van der Waals surface area contributed by atoms with Crippen LogP contribution in [0.25, 0.3) is 0 Å². The van der Waals surface area contributed by atoms with Crippen molar-refractivity contribution in [2.45, 2.75) is 57.4 Å². The van der Waals surface area contributed by atoms with Gasteiger partial charge in [0.05, 0.1) is 34.4 Å². The highest BCUT2D eigenvalue weighted by Crippen LogP contribution is 2.43. The molecule has 0 fully saturated rings. The number of carbonyl (C=O) groups excluding carboxylic acids is 1. The van der Waals surface area contributed by atoms with Crippen LogP contribution in [0.5, 0.6) is 0 Å². The van der Waals surface area contributed by atoms with Crippen molar-refractivity contribution in [1.29, 1.82) is 0 Å². The summed E-state index contributed by atoms with van der Waals surface area (Å²) in [6.45, 7) is 6.81. The summed E-state index contributed by atoms with van der Waals surface area (Å²) in [4.78, 5) is 20.7. The van der Waals surface area contributed by atoms with Crippen molar-refractivity contribution in [3.8, 4) is 0 Å². The molecule has 1 atom stereocenters. The Morgan fingerprint density at radius 2 is 1.73 bits per heavy atom. The smallest absolute Gasteiger partial charge is 0.302 e. The summed E-state index contributed by atoms with van der Waals surface area (Å²) in [5, 5.41) is 3.35. The van der Waals surface area contributed by atoms with Crippen molar-refractivity contribution in [3.05, 3.63) is 75.8 Å². The molecule has 3 aromatic rings. The first-order valence-corrected chi connectivity index (χ1v) is 14.4. The minimum absolute atomic E-state index is 0.0146. The topological polar surface area (TPSA) is 79.4 Å². The van der Waals surface area contributed by atoms with Crippen LogP contribution in [0.15, 0.2) is 53.4 Å². The van der Waals surface area contributed by atoms with Gasteiger partial charge in [0.15, 0.2) is 15.0 Å². The minimum atomic E-state index is -4.36. The summed E-state index contributed by atoms with van der Waals surface area (Å²) in [5.74, 6) is -0.0266. The van der Waals surface area contributed by atoms with Crippen LogP contribution < -0.4 is 5.32 Å². The Kier molecular flexibility index (Phi) is 7.77. The predicted molar refractivity (Wildman–Crippen MR) is 137 cm³/mol. The van der Waals surface area contributed by atoms with E-state index in [1.54, 1.807) is 19.1 Å². The molecule has 2 heterocycles. The number of hydrogen-bond donors (Lipinski definition) is 1. The van der Waals surface area contributed by atoms with Gasteiger partial charge in [0.1, 0.15) is 0 Å². The largest absolute Gasteiger partial charge is 0.416 e. The van der Waals surface area contributed by atoms with E-state index in [1.807, 2.05) is 0 Å². The maximum atomic E-state index is 12.9. The molecule has 11 heteroatoms. The van der Waals surface area contributed by atoms with Gasteiger partial charge >= 0.3 is 6.18 Å². The van der Waals surface area contributed by atoms with Gasteiger partial charge in [-0.05, 0) is 41.3 Å². The highest BCUT2D eigenvalue weighted by molar-refractivity contribution is 7.91. The van der Waals surface area contributed by atoms with Crippen LogP contribution in [0.1, 0.15) is 54.1 Å². The van der Waals surface area contributed by atoms with Crippen LogP contribution in [-0.4, -0.2) is 30.0 Å². The number of benzene rings is 2. The van der Waals surface area contributed by atoms with Crippen molar-refractivity contribution in [2.75, 3.05) is 11.1 Å². The summed E-state index contributed by atoms with van der Waals surface area (Å²) in [6.07, 6.45) is -4.27. The van der Waals surface area contributed by atoms with Crippen LogP contribution in [0.4, 0.5) is 18.3 Å². The van der Waals surface area contributed by atoms with Gasteiger partial charge in [-0.1, -0.05) is 45.0 Å². The molecule has 0 saturated heterocycles. The molecule has 0 bridgehead atoms. The molecule has 6 nitrogen and oxygen atoms in total. The Bertz CT molecular complexity index is 1370. The highest BCUT2D eigenvalue weighted by Gasteiger charge is 2.36. The Labute approximate surface area is 218 Å². The number of amides is 1. The van der Waals surface area contributed by atoms with Crippen LogP contribution in [0.2, 0.25) is 0 Å². The van der Waals surface area contributed by atoms with Crippen molar-refractivity contribution < 1.29 is 26.4 Å². The van der Waals surface area contributed by atoms with Gasteiger partial charge in [0.25, 0.3) is 0 Å². The standard InChI is InChI=1S/C26H28F3N3O3S2/c1-4-37(34,35)20-11-7-17(8-12-20)13-22(33)30-25-31-23-21(36-25)15-32(24(23)16(2)3)14-18-5-9-19(10-6-18)26(27,28)29/h5-12,16,24H,4,13-15H2,1-3H3,(H,30,31,33). The normalized spacial score (nSPS) is 16.2. The first-order chi connectivity index (χ1) is 17.4. The zero-order valence-corrected chi connectivity index (χ0v) is 22.3. The first-order valence-electron chi connectivity index (χ1n) is 11.9. The summed E-state index contributed by atoms with van der Waals surface area (Å²) in [6, 6.07) is 11.5. The SMILES string of the molecule is CCS(=O)(=O)c1ccc(CC(=O)Nc2nc3c(s2)CN(Cc2ccc(C(F)(F)F)cc2)C3C(C)C)cc1. The van der Waals surface area contributed by atoms with Gasteiger partial charge in [0.2, 0.25) is 5.91 Å². The number of fused-ring (bicyclic) bond motifs is 1. The molecule has 4 rings (SSSR count). The number of aromatic nitrogens is 1. The molecule has 1 aliphatic rings. The van der Waals surface area contributed by atoms with E-state index in [9.17, 15) is 26.4 Å². The summed E-state index contributed by atoms with van der Waals surface area (Å²) < 4.78 is 62.6. The maximum absolute atomic E-state index is 12.9. The van der Waals surface area contributed by atoms with Gasteiger partial charge < -0.3 is 5.32 Å². The molecule has 0 aliphatic carbocycles. The number of nitrogens with one attached hydrogen (secondary N) is 1. The fourth-order valence-electron chi connectivity index (χ4n) is 4.47. The van der Waals surface area contributed by atoms with E-state index < -0.39 is 21.6 Å². The molecule has 37 heavy (non-hydrogen) atoms. The van der Waals surface area contributed by atoms with Gasteiger partial charge in [-0.3, -0.25) is 9.69 Å². The number of rotatable bonds is 8. The van der Waals surface area contributed by atoms with E-state index in [2.05, 4.69) is 29.0 Å². The molecule has 1 aromatic heterocycles. The number of halogens is 3. The Balaban J connectivity index is 1.41. The lowest BCUT2D eigenvalue weighted by atomic mass is 10.0. The van der Waals surface area contributed by atoms with Gasteiger partial charge in [-0.25, -0.2) is 13.4 Å². The van der Waals surface area contributed by atoms with Gasteiger partial charge in [0, 0.05) is 18.0 Å². The number of thiazole rings is 1. The number of sulfone groups is 1. The number of carbonyl (C=O) groups is 1. The van der Waals surface area contributed by atoms with Crippen LogP contribution >= 0.6 is 11.3 Å². The van der Waals surface area contributed by atoms with Crippen LogP contribution in [0, 0.1) is 5.92 Å². The van der Waals surface area contributed by atoms with Gasteiger partial charge in [-0.15, -0.1) is 11.3 Å². The zero-order valence-electron chi connectivity index (χ0n) is 20.7. The van der Waals surface area contributed by atoms with E-state index in [-0.39, 0.29) is 34.9 Å². The van der Waals surface area contributed by atoms with E-state index in [4.69, 9.17) is 0 Å². The number of hydrogen-bond acceptors (Lipinski definition) is 6. The van der Waals surface area contributed by atoms with E-state index in [0.29, 0.717) is 23.8 Å². The molecular weight excluding hydrogens is 523 g/mol. The quantitative estimate of drug-likeness (QED) is 0.380. The summed E-state index contributed by atoms with van der Waals surface area (Å²) in [5.41, 5.74) is 1.71. The number of alkyl halides is 3. The first kappa shape index (κ1) is 27.3. The third-order valence-corrected chi connectivity index (χ3v) is 9.04. The lowest BCUT2D eigenvalue weighted by molar-refractivity contribution is -0.137. The lowest BCUT2D eigenvalue weighted by Crippen LogP contribution is -2.26. The molecule has 1 amide bonds. The third-order valence-electron chi connectivity index (χ3n) is 6.32. The minimum Gasteiger partial charge on any atom is -0.302 e. The van der Waals surface area contributed by atoms with Crippen molar-refractivity contribution in [1.82, 2.24) is 9.88 Å². The fraction of sp³-hybridized carbons (Fsp3) is 0.385. The van der Waals surface area contributed by atoms with Crippen molar-refractivity contribution >= 4 is 32.2 Å². The monoisotopic (exact) mass is 551 g/mol. The van der Waals surface area contributed by atoms with E-state index >= 15 is 0 Å². The second kappa shape index (κ2) is 10.5. The third kappa shape index (κ3) is 6.22. The highest BCUT2D eigenvalue weighted by atomic mass is 32.2. The van der Waals surface area contributed by atoms with E-state index in [0.717, 1.165) is 28.3 Å². The number of anilines is 1. The maximum Gasteiger partial charge on any atom is 0.416 e. The van der Waals surface area contributed by atoms with Gasteiger partial charge in [-0.2, -0.15) is 13.2 Å². The Morgan fingerprint density at radius 3 is 2.30 bits per heavy atom. The average Bonchev–Trinajstić information content (AvgIpc) is 3.35. The summed E-state index contributed by atoms with van der Waals surface area (Å²) in [7, 11) is -3.29. The molecule has 0 spiro atoms. The second-order valence-electron chi connectivity index (χ2n) is 9.39. The predicted octanol–water partition coefficient (Wildman–Crippen LogP) is 5.85. The van der Waals surface area contributed by atoms with E-state index in [1.165, 1.54) is 35.6 Å². The number of nitrogens with zero attached hydrogens (tertiary/aromatic N) is 2. The zero-order chi connectivity index (χ0) is 27.0. The molecule has 1 aliphatic heterocycles. The fourth-order valence-corrected chi connectivity index (χ4v) is 6.40. The molecule has 1 N–H and O–H groups in total. The molecule has 0 radical (unpaired) electrons. The van der Waals surface area contributed by atoms with Crippen molar-refractivity contribution in [3.63, 3.8) is 0 Å². The molecule has 0 saturated carbocycles. The Hall–Kier alpha value is -2.76. The lowest BCUT2D eigenvalue weighted by Gasteiger charge is -2.27. The molecule has 2 aromatic carbocycles.